The Hall–Kier alpha value is -2.86. The predicted octanol–water partition coefficient (Wildman–Crippen LogP) is 2.23. The summed E-state index contributed by atoms with van der Waals surface area (Å²) in [6, 6.07) is 17.6. The number of quaternary nitrogens is 1. The third-order valence-electron chi connectivity index (χ3n) is 6.06. The zero-order valence-corrected chi connectivity index (χ0v) is 17.0. The van der Waals surface area contributed by atoms with E-state index in [0.29, 0.717) is 13.3 Å². The molecule has 3 amide bonds. The third-order valence-corrected chi connectivity index (χ3v) is 6.06. The zero-order chi connectivity index (χ0) is 20.4. The van der Waals surface area contributed by atoms with Crippen LogP contribution in [0.4, 0.5) is 4.79 Å². The Balaban J connectivity index is 1.50. The number of carbonyl (C=O) groups is 2. The highest BCUT2D eigenvalue weighted by Crippen LogP contribution is 2.28. The fraction of sp³-hybridized carbons (Fsp3) is 0.391. The van der Waals surface area contributed by atoms with Crippen LogP contribution in [0.2, 0.25) is 0 Å². The van der Waals surface area contributed by atoms with Gasteiger partial charge in [0.05, 0.1) is 13.2 Å². The van der Waals surface area contributed by atoms with E-state index in [4.69, 9.17) is 4.74 Å². The Morgan fingerprint density at radius 2 is 1.86 bits per heavy atom. The summed E-state index contributed by atoms with van der Waals surface area (Å²) in [6.45, 7) is 5.72. The van der Waals surface area contributed by atoms with Crippen LogP contribution in [0.5, 0.6) is 5.75 Å². The van der Waals surface area contributed by atoms with Gasteiger partial charge in [-0.05, 0) is 43.7 Å². The van der Waals surface area contributed by atoms with Crippen LogP contribution in [0.3, 0.4) is 0 Å². The SMILES string of the molecule is CCOc1ccc([C@H]2CCC[NH+]2CN2C(=O)N[C@](C)(c3ccccc3)C2=O)cc1. The topological polar surface area (TPSA) is 63.1 Å². The van der Waals surface area contributed by atoms with Crippen LogP contribution < -0.4 is 15.0 Å². The average Bonchev–Trinajstić information content (AvgIpc) is 3.28. The van der Waals surface area contributed by atoms with Gasteiger partial charge >= 0.3 is 6.03 Å². The van der Waals surface area contributed by atoms with Crippen molar-refractivity contribution < 1.29 is 19.2 Å². The minimum atomic E-state index is -1.01. The van der Waals surface area contributed by atoms with E-state index < -0.39 is 5.54 Å². The molecule has 2 heterocycles. The molecule has 6 heteroatoms. The molecule has 0 spiro atoms. The molecule has 0 bridgehead atoms. The highest BCUT2D eigenvalue weighted by molar-refractivity contribution is 6.07. The monoisotopic (exact) mass is 394 g/mol. The molecular formula is C23H28N3O3+. The molecule has 3 atom stereocenters. The van der Waals surface area contributed by atoms with Gasteiger partial charge in [0.25, 0.3) is 5.91 Å². The standard InChI is InChI=1S/C23H27N3O3/c1-3-29-19-13-11-17(12-14-19)20-10-7-15-25(20)16-26-21(27)23(2,24-22(26)28)18-8-5-4-6-9-18/h4-6,8-9,11-14,20H,3,7,10,15-16H2,1-2H3,(H,24,28)/p+1/t20-,23-/m1/s1. The van der Waals surface area contributed by atoms with Crippen molar-refractivity contribution in [3.8, 4) is 5.75 Å². The van der Waals surface area contributed by atoms with Gasteiger partial charge in [-0.15, -0.1) is 0 Å². The smallest absolute Gasteiger partial charge is 0.329 e. The van der Waals surface area contributed by atoms with E-state index in [9.17, 15) is 9.59 Å². The lowest BCUT2D eigenvalue weighted by atomic mass is 9.92. The summed E-state index contributed by atoms with van der Waals surface area (Å²) in [6.07, 6.45) is 2.12. The van der Waals surface area contributed by atoms with Gasteiger partial charge in [0.1, 0.15) is 17.3 Å². The number of hydrogen-bond acceptors (Lipinski definition) is 3. The first kappa shape index (κ1) is 19.5. The van der Waals surface area contributed by atoms with E-state index in [1.54, 1.807) is 6.92 Å². The van der Waals surface area contributed by atoms with Crippen LogP contribution in [-0.4, -0.2) is 36.7 Å². The van der Waals surface area contributed by atoms with Gasteiger partial charge in [-0.2, -0.15) is 0 Å². The van der Waals surface area contributed by atoms with Crippen LogP contribution in [0.1, 0.15) is 43.9 Å². The highest BCUT2D eigenvalue weighted by Gasteiger charge is 2.50. The Bertz CT molecular complexity index is 884. The average molecular weight is 394 g/mol. The normalized spacial score (nSPS) is 26.6. The molecule has 4 rings (SSSR count). The second-order valence-corrected chi connectivity index (χ2v) is 7.92. The molecule has 2 aromatic carbocycles. The van der Waals surface area contributed by atoms with Crippen LogP contribution >= 0.6 is 0 Å². The second-order valence-electron chi connectivity index (χ2n) is 7.92. The van der Waals surface area contributed by atoms with E-state index in [0.717, 1.165) is 30.7 Å². The number of rotatable bonds is 6. The number of likely N-dealkylation sites (tertiary alicyclic amines) is 1. The van der Waals surface area contributed by atoms with Gasteiger partial charge in [0.15, 0.2) is 6.67 Å². The van der Waals surface area contributed by atoms with Crippen LogP contribution in [0.25, 0.3) is 0 Å². The summed E-state index contributed by atoms with van der Waals surface area (Å²) in [5.41, 5.74) is 1.02. The fourth-order valence-electron chi connectivity index (χ4n) is 4.48. The Morgan fingerprint density at radius 3 is 2.55 bits per heavy atom. The van der Waals surface area contributed by atoms with Crippen molar-refractivity contribution in [2.24, 2.45) is 0 Å². The third kappa shape index (κ3) is 3.60. The van der Waals surface area contributed by atoms with E-state index in [1.807, 2.05) is 49.4 Å². The van der Waals surface area contributed by atoms with Crippen molar-refractivity contribution in [1.82, 2.24) is 10.2 Å². The molecular weight excluding hydrogens is 366 g/mol. The van der Waals surface area contributed by atoms with Gasteiger partial charge in [0.2, 0.25) is 0 Å². The van der Waals surface area contributed by atoms with Crippen LogP contribution in [-0.2, 0) is 10.3 Å². The van der Waals surface area contributed by atoms with Gasteiger partial charge in [-0.3, -0.25) is 4.79 Å². The van der Waals surface area contributed by atoms with Crippen LogP contribution in [0.15, 0.2) is 54.6 Å². The van der Waals surface area contributed by atoms with Gasteiger partial charge in [-0.25, -0.2) is 9.69 Å². The molecule has 2 aliphatic heterocycles. The van der Waals surface area contributed by atoms with Crippen molar-refractivity contribution in [3.05, 3.63) is 65.7 Å². The summed E-state index contributed by atoms with van der Waals surface area (Å²) in [5, 5.41) is 2.90. The number of carbonyl (C=O) groups excluding carboxylic acids is 2. The molecule has 0 saturated carbocycles. The number of urea groups is 1. The van der Waals surface area contributed by atoms with Crippen molar-refractivity contribution >= 4 is 11.9 Å². The maximum Gasteiger partial charge on any atom is 0.329 e. The first-order chi connectivity index (χ1) is 14.0. The number of nitrogens with zero attached hydrogens (tertiary/aromatic N) is 1. The molecule has 152 valence electrons. The van der Waals surface area contributed by atoms with E-state index >= 15 is 0 Å². The maximum absolute atomic E-state index is 13.2. The van der Waals surface area contributed by atoms with Crippen molar-refractivity contribution in [2.45, 2.75) is 38.3 Å². The molecule has 1 unspecified atom stereocenters. The minimum Gasteiger partial charge on any atom is -0.494 e. The predicted molar refractivity (Wildman–Crippen MR) is 109 cm³/mol. The largest absolute Gasteiger partial charge is 0.494 e. The molecule has 2 saturated heterocycles. The molecule has 2 aliphatic rings. The summed E-state index contributed by atoms with van der Waals surface area (Å²) >= 11 is 0. The van der Waals surface area contributed by atoms with E-state index in [-0.39, 0.29) is 18.0 Å². The molecule has 2 N–H and O–H groups in total. The van der Waals surface area contributed by atoms with Crippen molar-refractivity contribution in [2.75, 3.05) is 19.8 Å². The lowest BCUT2D eigenvalue weighted by Crippen LogP contribution is -3.12. The summed E-state index contributed by atoms with van der Waals surface area (Å²) in [4.78, 5) is 28.5. The van der Waals surface area contributed by atoms with Gasteiger partial charge in [0, 0.05) is 18.4 Å². The van der Waals surface area contributed by atoms with Gasteiger partial charge < -0.3 is 15.0 Å². The second kappa shape index (κ2) is 7.87. The van der Waals surface area contributed by atoms with E-state index in [2.05, 4.69) is 17.4 Å². The lowest BCUT2D eigenvalue weighted by Gasteiger charge is -2.26. The Kier molecular flexibility index (Phi) is 5.28. The number of imide groups is 1. The molecule has 2 fully saturated rings. The van der Waals surface area contributed by atoms with Crippen LogP contribution in [0, 0.1) is 0 Å². The minimum absolute atomic E-state index is 0.182. The van der Waals surface area contributed by atoms with E-state index in [1.165, 1.54) is 15.4 Å². The lowest BCUT2D eigenvalue weighted by molar-refractivity contribution is -0.925. The molecule has 29 heavy (non-hydrogen) atoms. The maximum atomic E-state index is 13.2. The molecule has 2 aromatic rings. The number of ether oxygens (including phenoxy) is 1. The summed E-state index contributed by atoms with van der Waals surface area (Å²) in [7, 11) is 0. The summed E-state index contributed by atoms with van der Waals surface area (Å²) < 4.78 is 5.54. The fourth-order valence-corrected chi connectivity index (χ4v) is 4.48. The number of benzene rings is 2. The Morgan fingerprint density at radius 1 is 1.14 bits per heavy atom. The summed E-state index contributed by atoms with van der Waals surface area (Å²) in [5.74, 6) is 0.682. The molecule has 6 nitrogen and oxygen atoms in total. The zero-order valence-electron chi connectivity index (χ0n) is 17.0. The van der Waals surface area contributed by atoms with Crippen molar-refractivity contribution in [1.29, 1.82) is 0 Å². The number of hydrogen-bond donors (Lipinski definition) is 2. The quantitative estimate of drug-likeness (QED) is 0.739. The first-order valence-electron chi connectivity index (χ1n) is 10.3. The highest BCUT2D eigenvalue weighted by atomic mass is 16.5. The molecule has 0 aliphatic carbocycles. The Labute approximate surface area is 171 Å². The first-order valence-corrected chi connectivity index (χ1v) is 10.3. The number of nitrogens with one attached hydrogen (secondary N) is 2. The van der Waals surface area contributed by atoms with Crippen molar-refractivity contribution in [3.63, 3.8) is 0 Å². The molecule has 0 radical (unpaired) electrons. The molecule has 0 aromatic heterocycles. The van der Waals surface area contributed by atoms with Gasteiger partial charge in [-0.1, -0.05) is 30.3 Å². The number of amides is 3.